The van der Waals surface area contributed by atoms with Gasteiger partial charge in [-0.15, -0.1) is 0 Å². The molecule has 14 heteroatoms. The monoisotopic (exact) mass is 564 g/mol. The molecule has 2 amide bonds. The number of hydrogen-bond acceptors (Lipinski definition) is 9. The number of amides is 2. The standard InChI is InChI=1S/C23H22Cl2N6O5S/c1-12-6-14(24)8-16(23(33)26-2)19(12)29-22(32)13-7-15(36-37(34)35)11-31(10-13)21-17(9-28-30-21)20-18(25)4-3-5-27-20/h3-8,11,17,28,37H,9-10H2,1-2H3,(H,26,33)(H,29,32). The molecule has 11 nitrogen and oxygen atoms in total. The molecule has 1 aromatic carbocycles. The lowest BCUT2D eigenvalue weighted by molar-refractivity contribution is -0.113. The topological polar surface area (TPSA) is 142 Å². The lowest BCUT2D eigenvalue weighted by atomic mass is 10.0. The van der Waals surface area contributed by atoms with Gasteiger partial charge in [0.05, 0.1) is 34.4 Å². The smallest absolute Gasteiger partial charge is 0.299 e. The summed E-state index contributed by atoms with van der Waals surface area (Å²) in [6.07, 6.45) is 4.35. The van der Waals surface area contributed by atoms with E-state index in [0.29, 0.717) is 33.7 Å². The summed E-state index contributed by atoms with van der Waals surface area (Å²) in [4.78, 5) is 31.7. The Kier molecular flexibility index (Phi) is 8.00. The van der Waals surface area contributed by atoms with Crippen LogP contribution in [0.5, 0.6) is 0 Å². The third-order valence-electron chi connectivity index (χ3n) is 5.63. The van der Waals surface area contributed by atoms with Gasteiger partial charge in [-0.25, -0.2) is 0 Å². The molecule has 0 radical (unpaired) electrons. The van der Waals surface area contributed by atoms with Crippen molar-refractivity contribution >= 4 is 57.5 Å². The first-order valence-electron chi connectivity index (χ1n) is 10.9. The number of aromatic nitrogens is 1. The fourth-order valence-corrected chi connectivity index (χ4v) is 4.80. The average molecular weight is 565 g/mol. The molecule has 0 spiro atoms. The summed E-state index contributed by atoms with van der Waals surface area (Å²) in [6, 6.07) is 6.47. The number of anilines is 1. The number of halogens is 2. The molecule has 0 bridgehead atoms. The van der Waals surface area contributed by atoms with Gasteiger partial charge in [-0.05, 0) is 42.8 Å². The minimum Gasteiger partial charge on any atom is -0.383 e. The molecule has 1 unspecified atom stereocenters. The summed E-state index contributed by atoms with van der Waals surface area (Å²) in [6.45, 7) is 2.12. The van der Waals surface area contributed by atoms with Crippen LogP contribution in [0.1, 0.15) is 27.5 Å². The molecular weight excluding hydrogens is 543 g/mol. The van der Waals surface area contributed by atoms with Gasteiger partial charge in [-0.1, -0.05) is 23.2 Å². The molecule has 4 rings (SSSR count). The molecule has 0 saturated carbocycles. The van der Waals surface area contributed by atoms with Crippen LogP contribution in [0.4, 0.5) is 5.69 Å². The minimum absolute atomic E-state index is 0.0255. The lowest BCUT2D eigenvalue weighted by Gasteiger charge is -2.28. The minimum atomic E-state index is -3.25. The van der Waals surface area contributed by atoms with E-state index in [0.717, 1.165) is 0 Å². The van der Waals surface area contributed by atoms with Crippen molar-refractivity contribution in [2.45, 2.75) is 12.8 Å². The molecule has 0 saturated heterocycles. The second-order valence-corrected chi connectivity index (χ2v) is 9.55. The quantitative estimate of drug-likeness (QED) is 0.391. The maximum atomic E-state index is 13.4. The maximum absolute atomic E-state index is 13.4. The molecule has 0 aliphatic carbocycles. The first-order chi connectivity index (χ1) is 17.7. The maximum Gasteiger partial charge on any atom is 0.299 e. The number of aryl methyl sites for hydroxylation is 1. The molecule has 1 atom stereocenters. The van der Waals surface area contributed by atoms with Gasteiger partial charge in [0.2, 0.25) is 0 Å². The Morgan fingerprint density at radius 3 is 2.73 bits per heavy atom. The van der Waals surface area contributed by atoms with E-state index in [9.17, 15) is 18.0 Å². The van der Waals surface area contributed by atoms with E-state index in [1.165, 1.54) is 25.4 Å². The van der Waals surface area contributed by atoms with E-state index in [-0.39, 0.29) is 35.0 Å². The third-order valence-corrected chi connectivity index (χ3v) is 6.53. The summed E-state index contributed by atoms with van der Waals surface area (Å²) in [5.41, 5.74) is 4.65. The summed E-state index contributed by atoms with van der Waals surface area (Å²) >= 11 is 12.5. The number of hydrogen-bond donors (Lipinski definition) is 4. The number of amidine groups is 1. The Labute approximate surface area is 224 Å². The first kappa shape index (κ1) is 26.5. The molecule has 1 aromatic heterocycles. The number of allylic oxidation sites excluding steroid dienone is 1. The van der Waals surface area contributed by atoms with Crippen LogP contribution < -0.4 is 16.1 Å². The van der Waals surface area contributed by atoms with Gasteiger partial charge < -0.3 is 25.1 Å². The zero-order chi connectivity index (χ0) is 26.7. The summed E-state index contributed by atoms with van der Waals surface area (Å²) in [5.74, 6) is -1.00. The van der Waals surface area contributed by atoms with Crippen LogP contribution in [-0.2, 0) is 20.0 Å². The fourth-order valence-electron chi connectivity index (χ4n) is 4.00. The molecular formula is C23H22Cl2N6O5S. The largest absolute Gasteiger partial charge is 0.383 e. The highest BCUT2D eigenvalue weighted by molar-refractivity contribution is 7.67. The van der Waals surface area contributed by atoms with Gasteiger partial charge in [0.25, 0.3) is 22.8 Å². The molecule has 2 aliphatic heterocycles. The van der Waals surface area contributed by atoms with Crippen molar-refractivity contribution in [1.82, 2.24) is 20.6 Å². The first-order valence-corrected chi connectivity index (χ1v) is 12.8. The van der Waals surface area contributed by atoms with Crippen molar-refractivity contribution in [3.8, 4) is 0 Å². The van der Waals surface area contributed by atoms with E-state index in [4.69, 9.17) is 27.4 Å². The van der Waals surface area contributed by atoms with Crippen LogP contribution >= 0.6 is 23.2 Å². The number of hydrazone groups is 1. The van der Waals surface area contributed by atoms with Gasteiger partial charge in [-0.2, -0.15) is 13.5 Å². The van der Waals surface area contributed by atoms with Crippen molar-refractivity contribution < 1.29 is 22.2 Å². The Morgan fingerprint density at radius 2 is 2.03 bits per heavy atom. The van der Waals surface area contributed by atoms with Crippen molar-refractivity contribution in [2.24, 2.45) is 5.10 Å². The van der Waals surface area contributed by atoms with Gasteiger partial charge in [0.1, 0.15) is 5.84 Å². The van der Waals surface area contributed by atoms with Gasteiger partial charge in [0, 0.05) is 36.6 Å². The molecule has 2 aliphatic rings. The van der Waals surface area contributed by atoms with Crippen LogP contribution in [-0.4, -0.2) is 56.1 Å². The van der Waals surface area contributed by atoms with Crippen LogP contribution in [0.3, 0.4) is 0 Å². The second-order valence-electron chi connectivity index (χ2n) is 8.08. The molecule has 37 heavy (non-hydrogen) atoms. The zero-order valence-electron chi connectivity index (χ0n) is 19.6. The van der Waals surface area contributed by atoms with E-state index in [1.807, 2.05) is 0 Å². The number of pyridine rings is 1. The van der Waals surface area contributed by atoms with E-state index < -0.39 is 22.8 Å². The average Bonchev–Trinajstić information content (AvgIpc) is 3.34. The van der Waals surface area contributed by atoms with Crippen molar-refractivity contribution in [1.29, 1.82) is 0 Å². The fraction of sp³-hybridized carbons (Fsp3) is 0.217. The Bertz CT molecular complexity index is 1430. The Morgan fingerprint density at radius 1 is 1.24 bits per heavy atom. The predicted molar refractivity (Wildman–Crippen MR) is 140 cm³/mol. The number of nitrogens with one attached hydrogen (secondary N) is 3. The van der Waals surface area contributed by atoms with E-state index in [1.54, 1.807) is 36.2 Å². The van der Waals surface area contributed by atoms with Gasteiger partial charge >= 0.3 is 0 Å². The molecule has 0 fully saturated rings. The van der Waals surface area contributed by atoms with E-state index in [2.05, 4.69) is 26.1 Å². The Hall–Kier alpha value is -3.61. The Balaban J connectivity index is 1.66. The van der Waals surface area contributed by atoms with Gasteiger partial charge in [-0.3, -0.25) is 14.6 Å². The summed E-state index contributed by atoms with van der Waals surface area (Å²) in [5, 5.41) is 10.4. The molecule has 194 valence electrons. The third kappa shape index (κ3) is 5.87. The highest BCUT2D eigenvalue weighted by Crippen LogP contribution is 2.30. The van der Waals surface area contributed by atoms with Crippen LogP contribution in [0.15, 0.2) is 59.2 Å². The van der Waals surface area contributed by atoms with Crippen molar-refractivity contribution in [3.63, 3.8) is 0 Å². The van der Waals surface area contributed by atoms with Crippen LogP contribution in [0.2, 0.25) is 10.0 Å². The normalized spacial score (nSPS) is 16.9. The van der Waals surface area contributed by atoms with Crippen LogP contribution in [0.25, 0.3) is 0 Å². The van der Waals surface area contributed by atoms with Crippen molar-refractivity contribution in [2.75, 3.05) is 25.5 Å². The van der Waals surface area contributed by atoms with Crippen molar-refractivity contribution in [3.05, 3.63) is 80.9 Å². The van der Waals surface area contributed by atoms with Gasteiger partial charge in [0.15, 0.2) is 5.76 Å². The molecule has 3 N–H and O–H groups in total. The highest BCUT2D eigenvalue weighted by atomic mass is 35.5. The summed E-state index contributed by atoms with van der Waals surface area (Å²) in [7, 11) is -1.79. The number of carbonyl (C=O) groups excluding carboxylic acids is 2. The number of thiol groups is 1. The highest BCUT2D eigenvalue weighted by Gasteiger charge is 2.33. The summed E-state index contributed by atoms with van der Waals surface area (Å²) < 4.78 is 27.6. The number of carbonyl (C=O) groups is 2. The van der Waals surface area contributed by atoms with E-state index >= 15 is 0 Å². The SMILES string of the molecule is CNC(=O)c1cc(Cl)cc(C)c1NC(=O)C1=CC(O[SH](=O)=O)=CN(C2=NNCC2c2ncccc2Cl)C1. The predicted octanol–water partition coefficient (Wildman–Crippen LogP) is 2.32. The number of benzene rings is 1. The van der Waals surface area contributed by atoms with Crippen LogP contribution in [0, 0.1) is 6.92 Å². The zero-order valence-corrected chi connectivity index (χ0v) is 22.0. The molecule has 3 heterocycles. The molecule has 2 aromatic rings. The number of rotatable bonds is 6. The second kappa shape index (κ2) is 11.2. The lowest BCUT2D eigenvalue weighted by Crippen LogP contribution is -2.37. The number of nitrogens with zero attached hydrogens (tertiary/aromatic N) is 3.